The van der Waals surface area contributed by atoms with Gasteiger partial charge in [0.15, 0.2) is 6.61 Å². The number of nitrogens with zero attached hydrogens (tertiary/aromatic N) is 2. The molecule has 0 spiro atoms. The van der Waals surface area contributed by atoms with Crippen molar-refractivity contribution in [2.75, 3.05) is 11.1 Å². The van der Waals surface area contributed by atoms with Gasteiger partial charge >= 0.3 is 0 Å². The van der Waals surface area contributed by atoms with Gasteiger partial charge < -0.3 is 19.2 Å². The molecule has 0 saturated carbocycles. The van der Waals surface area contributed by atoms with Gasteiger partial charge in [-0.1, -0.05) is 23.9 Å². The molecular formula is C24H20FN3O4S. The monoisotopic (exact) mass is 465 g/mol. The Balaban J connectivity index is 1.22. The lowest BCUT2D eigenvalue weighted by molar-refractivity contribution is -0.113. The van der Waals surface area contributed by atoms with Crippen LogP contribution in [0.4, 0.5) is 10.1 Å². The summed E-state index contributed by atoms with van der Waals surface area (Å²) >= 11 is 1.12. The van der Waals surface area contributed by atoms with Crippen LogP contribution in [0.25, 0.3) is 0 Å². The Morgan fingerprint density at radius 3 is 2.52 bits per heavy atom. The molecule has 0 aliphatic heterocycles. The second-order valence-electron chi connectivity index (χ2n) is 6.98. The van der Waals surface area contributed by atoms with Crippen molar-refractivity contribution in [3.8, 4) is 17.2 Å². The molecule has 33 heavy (non-hydrogen) atoms. The lowest BCUT2D eigenvalue weighted by Crippen LogP contribution is -2.13. The number of anilines is 1. The van der Waals surface area contributed by atoms with Gasteiger partial charge in [-0.2, -0.15) is 0 Å². The summed E-state index contributed by atoms with van der Waals surface area (Å²) in [5, 5.41) is 10.8. The first kappa shape index (κ1) is 22.3. The van der Waals surface area contributed by atoms with E-state index in [2.05, 4.69) is 15.5 Å². The molecule has 0 saturated heterocycles. The van der Waals surface area contributed by atoms with Crippen LogP contribution >= 0.6 is 11.8 Å². The number of ether oxygens (including phenoxy) is 2. The summed E-state index contributed by atoms with van der Waals surface area (Å²) in [7, 11) is 0. The van der Waals surface area contributed by atoms with E-state index in [-0.39, 0.29) is 35.2 Å². The lowest BCUT2D eigenvalue weighted by Gasteiger charge is -2.08. The van der Waals surface area contributed by atoms with Crippen molar-refractivity contribution in [3.05, 3.63) is 90.1 Å². The number of nitrogens with one attached hydrogen (secondary N) is 1. The highest BCUT2D eigenvalue weighted by Gasteiger charge is 2.11. The summed E-state index contributed by atoms with van der Waals surface area (Å²) in [6, 6.07) is 20.5. The fourth-order valence-corrected chi connectivity index (χ4v) is 3.36. The van der Waals surface area contributed by atoms with Crippen molar-refractivity contribution in [1.82, 2.24) is 10.2 Å². The molecule has 1 aromatic heterocycles. The number of hydrogen-bond acceptors (Lipinski definition) is 7. The molecule has 0 fully saturated rings. The number of carbonyl (C=O) groups is 1. The van der Waals surface area contributed by atoms with Crippen LogP contribution in [0.5, 0.6) is 17.2 Å². The van der Waals surface area contributed by atoms with Gasteiger partial charge in [-0.3, -0.25) is 4.79 Å². The summed E-state index contributed by atoms with van der Waals surface area (Å²) in [4.78, 5) is 12.2. The highest BCUT2D eigenvalue weighted by Crippen LogP contribution is 2.24. The van der Waals surface area contributed by atoms with E-state index in [0.717, 1.165) is 23.1 Å². The van der Waals surface area contributed by atoms with Crippen molar-refractivity contribution < 1.29 is 23.1 Å². The molecule has 1 N–H and O–H groups in total. The molecule has 0 radical (unpaired) electrons. The van der Waals surface area contributed by atoms with Crippen LogP contribution in [0.15, 0.2) is 82.4 Å². The smallest absolute Gasteiger partial charge is 0.277 e. The van der Waals surface area contributed by atoms with Crippen LogP contribution in [0.2, 0.25) is 0 Å². The Bertz CT molecular complexity index is 1210. The maximum atomic E-state index is 12.9. The molecule has 1 amide bonds. The quantitative estimate of drug-likeness (QED) is 0.321. The fourth-order valence-electron chi connectivity index (χ4n) is 2.78. The molecular weight excluding hydrogens is 445 g/mol. The number of hydrogen-bond donors (Lipinski definition) is 1. The van der Waals surface area contributed by atoms with E-state index >= 15 is 0 Å². The van der Waals surface area contributed by atoms with Crippen LogP contribution < -0.4 is 14.8 Å². The van der Waals surface area contributed by atoms with Crippen molar-refractivity contribution >= 4 is 23.4 Å². The maximum Gasteiger partial charge on any atom is 0.277 e. The average molecular weight is 466 g/mol. The van der Waals surface area contributed by atoms with E-state index < -0.39 is 0 Å². The highest BCUT2D eigenvalue weighted by atomic mass is 32.2. The molecule has 0 aliphatic rings. The molecule has 0 unspecified atom stereocenters. The van der Waals surface area contributed by atoms with Crippen molar-refractivity contribution in [2.45, 2.75) is 18.8 Å². The summed E-state index contributed by atoms with van der Waals surface area (Å²) in [5.74, 6) is 1.71. The molecule has 0 bridgehead atoms. The Kier molecular flexibility index (Phi) is 7.21. The fraction of sp³-hybridized carbons (Fsp3) is 0.125. The van der Waals surface area contributed by atoms with Gasteiger partial charge in [-0.25, -0.2) is 4.39 Å². The number of benzene rings is 3. The molecule has 7 nitrogen and oxygen atoms in total. The third-order valence-corrected chi connectivity index (χ3v) is 5.13. The van der Waals surface area contributed by atoms with Crippen LogP contribution in [0, 0.1) is 12.7 Å². The third kappa shape index (κ3) is 6.81. The van der Waals surface area contributed by atoms with Gasteiger partial charge in [0.2, 0.25) is 5.91 Å². The van der Waals surface area contributed by atoms with E-state index in [1.54, 1.807) is 24.3 Å². The number of carbonyl (C=O) groups excluding carboxylic acids is 1. The maximum absolute atomic E-state index is 12.9. The summed E-state index contributed by atoms with van der Waals surface area (Å²) in [5.41, 5.74) is 1.76. The SMILES string of the molecule is Cc1cccc(Oc2ccc(NC(=O)CSc3nnc(COc4ccc(F)cc4)o3)cc2)c1. The van der Waals surface area contributed by atoms with Crippen molar-refractivity contribution in [3.63, 3.8) is 0 Å². The molecule has 0 aliphatic carbocycles. The molecule has 4 aromatic rings. The van der Waals surface area contributed by atoms with Crippen LogP contribution in [0.1, 0.15) is 11.5 Å². The zero-order valence-corrected chi connectivity index (χ0v) is 18.5. The van der Waals surface area contributed by atoms with Crippen LogP contribution in [-0.4, -0.2) is 21.9 Å². The predicted molar refractivity (Wildman–Crippen MR) is 122 cm³/mol. The molecule has 3 aromatic carbocycles. The number of thioether (sulfide) groups is 1. The zero-order valence-electron chi connectivity index (χ0n) is 17.7. The molecule has 4 rings (SSSR count). The van der Waals surface area contributed by atoms with Gasteiger partial charge in [0.25, 0.3) is 11.1 Å². The Morgan fingerprint density at radius 2 is 1.76 bits per heavy atom. The molecule has 0 atom stereocenters. The summed E-state index contributed by atoms with van der Waals surface area (Å²) in [6.45, 7) is 2.04. The lowest BCUT2D eigenvalue weighted by atomic mass is 10.2. The number of rotatable bonds is 9. The van der Waals surface area contributed by atoms with Gasteiger partial charge in [0.05, 0.1) is 5.75 Å². The minimum Gasteiger partial charge on any atom is -0.484 e. The van der Waals surface area contributed by atoms with Gasteiger partial charge in [-0.15, -0.1) is 10.2 Å². The first-order chi connectivity index (χ1) is 16.0. The topological polar surface area (TPSA) is 86.5 Å². The molecule has 1 heterocycles. The van der Waals surface area contributed by atoms with Crippen molar-refractivity contribution in [1.29, 1.82) is 0 Å². The molecule has 168 valence electrons. The summed E-state index contributed by atoms with van der Waals surface area (Å²) < 4.78 is 29.6. The van der Waals surface area contributed by atoms with E-state index in [1.807, 2.05) is 31.2 Å². The average Bonchev–Trinajstić information content (AvgIpc) is 3.27. The van der Waals surface area contributed by atoms with Crippen LogP contribution in [0.3, 0.4) is 0 Å². The standard InChI is InChI=1S/C24H20FN3O4S/c1-16-3-2-4-21(13-16)31-20-11-7-18(8-12-20)26-22(29)15-33-24-28-27-23(32-24)14-30-19-9-5-17(25)6-10-19/h2-13H,14-15H2,1H3,(H,26,29). The van der Waals surface area contributed by atoms with Crippen molar-refractivity contribution in [2.24, 2.45) is 0 Å². The summed E-state index contributed by atoms with van der Waals surface area (Å²) in [6.07, 6.45) is 0. The Labute approximate surface area is 193 Å². The molecule has 9 heteroatoms. The second kappa shape index (κ2) is 10.6. The minimum absolute atomic E-state index is 0.0440. The zero-order chi connectivity index (χ0) is 23.0. The third-order valence-electron chi connectivity index (χ3n) is 4.31. The second-order valence-corrected chi connectivity index (χ2v) is 7.91. The van der Waals surface area contributed by atoms with Gasteiger partial charge in [0.1, 0.15) is 23.1 Å². The van der Waals surface area contributed by atoms with Crippen LogP contribution in [-0.2, 0) is 11.4 Å². The Hall–Kier alpha value is -3.85. The number of amides is 1. The number of aromatic nitrogens is 2. The number of aryl methyl sites for hydroxylation is 1. The van der Waals surface area contributed by atoms with E-state index in [0.29, 0.717) is 17.2 Å². The minimum atomic E-state index is -0.344. The van der Waals surface area contributed by atoms with Gasteiger partial charge in [-0.05, 0) is 73.2 Å². The predicted octanol–water partition coefficient (Wildman–Crippen LogP) is 5.62. The van der Waals surface area contributed by atoms with E-state index in [4.69, 9.17) is 13.9 Å². The largest absolute Gasteiger partial charge is 0.484 e. The number of halogens is 1. The van der Waals surface area contributed by atoms with Gasteiger partial charge in [0, 0.05) is 5.69 Å². The highest BCUT2D eigenvalue weighted by molar-refractivity contribution is 7.99. The van der Waals surface area contributed by atoms with E-state index in [9.17, 15) is 9.18 Å². The first-order valence-corrected chi connectivity index (χ1v) is 11.0. The van der Waals surface area contributed by atoms with E-state index in [1.165, 1.54) is 24.3 Å². The Morgan fingerprint density at radius 1 is 1.00 bits per heavy atom. The first-order valence-electron chi connectivity index (χ1n) is 10.0. The normalized spacial score (nSPS) is 10.6.